The van der Waals surface area contributed by atoms with E-state index in [0.29, 0.717) is 74.7 Å². The first-order chi connectivity index (χ1) is 24.9. The Hall–Kier alpha value is -3.97. The highest BCUT2D eigenvalue weighted by Crippen LogP contribution is 2.23. The van der Waals surface area contributed by atoms with Gasteiger partial charge in [-0.15, -0.1) is 0 Å². The lowest BCUT2D eigenvalue weighted by Gasteiger charge is -2.21. The Labute approximate surface area is 321 Å². The number of ether oxygens (including phenoxy) is 5. The molecule has 0 saturated heterocycles. The van der Waals surface area contributed by atoms with Crippen LogP contribution in [-0.2, 0) is 28.5 Å². The molecule has 54 heavy (non-hydrogen) atoms. The van der Waals surface area contributed by atoms with Crippen LogP contribution in [0.15, 0.2) is 48.5 Å². The molecule has 0 fully saturated rings. The average Bonchev–Trinajstić information content (AvgIpc) is 3.43. The minimum atomic E-state index is -0.387. The molecule has 4 amide bonds. The molecule has 0 bridgehead atoms. The van der Waals surface area contributed by atoms with E-state index < -0.39 is 0 Å². The van der Waals surface area contributed by atoms with Gasteiger partial charge in [-0.2, -0.15) is 0 Å². The number of rotatable bonds is 13. The Balaban J connectivity index is 0.000000285. The van der Waals surface area contributed by atoms with Crippen molar-refractivity contribution in [3.8, 4) is 0 Å². The lowest BCUT2D eigenvalue weighted by Crippen LogP contribution is -2.35. The number of benzene rings is 2. The van der Waals surface area contributed by atoms with E-state index in [0.717, 1.165) is 0 Å². The zero-order chi connectivity index (χ0) is 40.9. The van der Waals surface area contributed by atoms with Gasteiger partial charge in [0.05, 0.1) is 78.6 Å². The number of imide groups is 2. The van der Waals surface area contributed by atoms with Crippen LogP contribution in [0.3, 0.4) is 0 Å². The summed E-state index contributed by atoms with van der Waals surface area (Å²) in [5.74, 6) is -1.10. The fourth-order valence-electron chi connectivity index (χ4n) is 4.98. The number of esters is 1. The number of hydrogen-bond donors (Lipinski definition) is 0. The van der Waals surface area contributed by atoms with Gasteiger partial charge in [0.15, 0.2) is 0 Å². The molecule has 0 saturated carbocycles. The molecule has 0 aliphatic carbocycles. The molecule has 0 N–H and O–H groups in total. The molecule has 4 rings (SSSR count). The number of fused-ring (bicyclic) bond motifs is 2. The molecule has 300 valence electrons. The third-order valence-electron chi connectivity index (χ3n) is 7.31. The summed E-state index contributed by atoms with van der Waals surface area (Å²) in [4.78, 5) is 62.0. The van der Waals surface area contributed by atoms with Crippen LogP contribution in [0.25, 0.3) is 0 Å². The van der Waals surface area contributed by atoms with E-state index in [1.807, 2.05) is 83.1 Å². The molecule has 0 spiro atoms. The number of amides is 4. The predicted molar refractivity (Wildman–Crippen MR) is 207 cm³/mol. The normalized spacial score (nSPS) is 14.3. The Morgan fingerprint density at radius 2 is 0.833 bits per heavy atom. The summed E-state index contributed by atoms with van der Waals surface area (Å²) in [6, 6.07) is 13.8. The first-order valence-electron chi connectivity index (χ1n) is 18.5. The van der Waals surface area contributed by atoms with Crippen LogP contribution in [-0.4, -0.2) is 108 Å². The Bertz CT molecular complexity index is 1500. The molecule has 0 unspecified atom stereocenters. The zero-order valence-electron chi connectivity index (χ0n) is 34.5. The standard InChI is InChI=1S/C16H21NO4.C14H17NO3.C12H24O3/c1-16(2,3)21-11-10-20-9-8-17-14(18)12-6-4-5-7-13(12)15(17)19;1-14(2,3)18-9-8-15-12(16)10-6-4-5-7-11(10)13(15)17;1-11(2,3)14-9-7-8-10(13)15-12(4,5)6/h4-7H,8-11H2,1-3H3;4-7H,8-9H2,1-3H3;7-9H2,1-6H3. The fourth-order valence-corrected chi connectivity index (χ4v) is 4.98. The molecule has 12 nitrogen and oxygen atoms in total. The lowest BCUT2D eigenvalue weighted by molar-refractivity contribution is -0.155. The van der Waals surface area contributed by atoms with Crippen LogP contribution in [0.4, 0.5) is 0 Å². The van der Waals surface area contributed by atoms with Gasteiger partial charge in [0.2, 0.25) is 0 Å². The first-order valence-corrected chi connectivity index (χ1v) is 18.5. The van der Waals surface area contributed by atoms with Crippen LogP contribution in [0.1, 0.15) is 137 Å². The number of hydrogen-bond acceptors (Lipinski definition) is 10. The van der Waals surface area contributed by atoms with Gasteiger partial charge in [-0.05, 0) is 114 Å². The van der Waals surface area contributed by atoms with Crippen molar-refractivity contribution in [2.45, 2.75) is 118 Å². The van der Waals surface area contributed by atoms with Crippen molar-refractivity contribution < 1.29 is 47.7 Å². The summed E-state index contributed by atoms with van der Waals surface area (Å²) < 4.78 is 27.2. The summed E-state index contributed by atoms with van der Waals surface area (Å²) in [6.45, 7) is 26.1. The van der Waals surface area contributed by atoms with Crippen molar-refractivity contribution in [3.63, 3.8) is 0 Å². The smallest absolute Gasteiger partial charge is 0.306 e. The minimum absolute atomic E-state index is 0.131. The van der Waals surface area contributed by atoms with Crippen molar-refractivity contribution in [3.05, 3.63) is 70.8 Å². The van der Waals surface area contributed by atoms with Gasteiger partial charge >= 0.3 is 5.97 Å². The summed E-state index contributed by atoms with van der Waals surface area (Å²) >= 11 is 0. The Morgan fingerprint density at radius 3 is 1.20 bits per heavy atom. The third kappa shape index (κ3) is 16.6. The van der Waals surface area contributed by atoms with Gasteiger partial charge in [-0.1, -0.05) is 24.3 Å². The van der Waals surface area contributed by atoms with Crippen molar-refractivity contribution in [2.24, 2.45) is 0 Å². The van der Waals surface area contributed by atoms with Gasteiger partial charge < -0.3 is 23.7 Å². The maximum absolute atomic E-state index is 12.1. The van der Waals surface area contributed by atoms with Gasteiger partial charge in [-0.25, -0.2) is 0 Å². The minimum Gasteiger partial charge on any atom is -0.460 e. The third-order valence-corrected chi connectivity index (χ3v) is 7.31. The second kappa shape index (κ2) is 20.1. The number of carbonyl (C=O) groups excluding carboxylic acids is 5. The molecule has 2 aromatic rings. The molecule has 0 atom stereocenters. The highest BCUT2D eigenvalue weighted by molar-refractivity contribution is 6.22. The Morgan fingerprint density at radius 1 is 0.481 bits per heavy atom. The van der Waals surface area contributed by atoms with Gasteiger partial charge in [0, 0.05) is 13.0 Å². The maximum atomic E-state index is 12.1. The number of carbonyl (C=O) groups is 5. The van der Waals surface area contributed by atoms with Crippen LogP contribution in [0.5, 0.6) is 0 Å². The molecule has 0 aromatic heterocycles. The van der Waals surface area contributed by atoms with E-state index in [1.54, 1.807) is 48.5 Å². The maximum Gasteiger partial charge on any atom is 0.306 e. The molecule has 2 aromatic carbocycles. The first kappa shape index (κ1) is 46.2. The monoisotopic (exact) mass is 754 g/mol. The van der Waals surface area contributed by atoms with E-state index >= 15 is 0 Å². The number of nitrogens with zero attached hydrogens (tertiary/aromatic N) is 2. The quantitative estimate of drug-likeness (QED) is 0.118. The summed E-state index contributed by atoms with van der Waals surface area (Å²) in [6.07, 6.45) is 1.14. The molecule has 2 aliphatic rings. The van der Waals surface area contributed by atoms with Gasteiger partial charge in [0.1, 0.15) is 5.60 Å². The highest BCUT2D eigenvalue weighted by atomic mass is 16.6. The average molecular weight is 755 g/mol. The molecule has 12 heteroatoms. The summed E-state index contributed by atoms with van der Waals surface area (Å²) in [5.41, 5.74) is 0.939. The van der Waals surface area contributed by atoms with Crippen LogP contribution in [0.2, 0.25) is 0 Å². The van der Waals surface area contributed by atoms with E-state index in [1.165, 1.54) is 9.80 Å². The molecule has 2 aliphatic heterocycles. The van der Waals surface area contributed by atoms with Gasteiger partial charge in [-0.3, -0.25) is 33.8 Å². The van der Waals surface area contributed by atoms with Crippen LogP contribution in [0, 0.1) is 0 Å². The zero-order valence-corrected chi connectivity index (χ0v) is 34.5. The van der Waals surface area contributed by atoms with Crippen LogP contribution < -0.4 is 0 Å². The van der Waals surface area contributed by atoms with Crippen LogP contribution >= 0.6 is 0 Å². The predicted octanol–water partition coefficient (Wildman–Crippen LogP) is 7.14. The molecule has 0 radical (unpaired) electrons. The molecular formula is C42H62N2O10. The largest absolute Gasteiger partial charge is 0.460 e. The van der Waals surface area contributed by atoms with Crippen molar-refractivity contribution in [1.82, 2.24) is 9.80 Å². The Kier molecular flexibility index (Phi) is 17.2. The second-order valence-corrected chi connectivity index (χ2v) is 16.8. The second-order valence-electron chi connectivity index (χ2n) is 16.8. The fraction of sp³-hybridized carbons (Fsp3) is 0.595. The van der Waals surface area contributed by atoms with E-state index in [4.69, 9.17) is 23.7 Å². The van der Waals surface area contributed by atoms with E-state index in [2.05, 4.69) is 0 Å². The molecular weight excluding hydrogens is 692 g/mol. The topological polar surface area (TPSA) is 138 Å². The summed E-state index contributed by atoms with van der Waals surface area (Å²) in [7, 11) is 0. The van der Waals surface area contributed by atoms with E-state index in [9.17, 15) is 24.0 Å². The lowest BCUT2D eigenvalue weighted by atomic mass is 10.1. The van der Waals surface area contributed by atoms with Gasteiger partial charge in [0.25, 0.3) is 23.6 Å². The van der Waals surface area contributed by atoms with Crippen molar-refractivity contribution in [2.75, 3.05) is 46.1 Å². The summed E-state index contributed by atoms with van der Waals surface area (Å²) in [5, 5.41) is 0. The van der Waals surface area contributed by atoms with Crippen molar-refractivity contribution in [1.29, 1.82) is 0 Å². The van der Waals surface area contributed by atoms with E-state index in [-0.39, 0.29) is 58.5 Å². The van der Waals surface area contributed by atoms with Crippen molar-refractivity contribution >= 4 is 29.6 Å². The molecule has 2 heterocycles. The highest BCUT2D eigenvalue weighted by Gasteiger charge is 2.35. The SMILES string of the molecule is CC(C)(C)OCCCC(=O)OC(C)(C)C.CC(C)(C)OCCN1C(=O)c2ccccc2C1=O.CC(C)(C)OCCOCCN1C(=O)c2ccccc2C1=O.